The van der Waals surface area contributed by atoms with Gasteiger partial charge in [0.15, 0.2) is 0 Å². The summed E-state index contributed by atoms with van der Waals surface area (Å²) in [6.45, 7) is 3.83. The first kappa shape index (κ1) is 13.8. The lowest BCUT2D eigenvalue weighted by Crippen LogP contribution is -2.04. The first-order valence-electron chi connectivity index (χ1n) is 6.65. The summed E-state index contributed by atoms with van der Waals surface area (Å²) in [4.78, 5) is 0. The van der Waals surface area contributed by atoms with Gasteiger partial charge in [-0.3, -0.25) is 0 Å². The fourth-order valence-electron chi connectivity index (χ4n) is 2.22. The van der Waals surface area contributed by atoms with Gasteiger partial charge in [0.2, 0.25) is 0 Å². The van der Waals surface area contributed by atoms with Gasteiger partial charge in [-0.15, -0.1) is 0 Å². The topological polar surface area (TPSA) is 20.2 Å². The van der Waals surface area contributed by atoms with Gasteiger partial charge in [-0.05, 0) is 30.0 Å². The highest BCUT2D eigenvalue weighted by Crippen LogP contribution is 2.26. The van der Waals surface area contributed by atoms with Crippen LogP contribution in [0.3, 0.4) is 0 Å². The van der Waals surface area contributed by atoms with Gasteiger partial charge in [0.05, 0.1) is 0 Å². The summed E-state index contributed by atoms with van der Waals surface area (Å²) >= 11 is 0. The number of hydrogen-bond donors (Lipinski definition) is 1. The second-order valence-electron chi connectivity index (χ2n) is 4.87. The van der Waals surface area contributed by atoms with Crippen molar-refractivity contribution in [1.82, 2.24) is 0 Å². The van der Waals surface area contributed by atoms with Gasteiger partial charge in [-0.25, -0.2) is 4.39 Å². The predicted molar refractivity (Wildman–Crippen MR) is 75.6 cm³/mol. The number of aliphatic hydroxyl groups excluding tert-OH is 1. The van der Waals surface area contributed by atoms with Crippen LogP contribution in [0.1, 0.15) is 41.7 Å². The molecule has 1 N–H and O–H groups in total. The van der Waals surface area contributed by atoms with E-state index < -0.39 is 6.10 Å². The number of aryl methyl sites for hydroxylation is 2. The molecule has 0 aliphatic heterocycles. The van der Waals surface area contributed by atoms with Crippen LogP contribution in [0.2, 0.25) is 0 Å². The Kier molecular flexibility index (Phi) is 4.33. The van der Waals surface area contributed by atoms with Crippen LogP contribution in [-0.2, 0) is 6.42 Å². The minimum atomic E-state index is -0.907. The molecule has 0 aliphatic rings. The van der Waals surface area contributed by atoms with Gasteiger partial charge in [0, 0.05) is 5.56 Å². The molecule has 0 bridgehead atoms. The highest BCUT2D eigenvalue weighted by Gasteiger charge is 2.15. The van der Waals surface area contributed by atoms with Crippen molar-refractivity contribution in [2.45, 2.75) is 32.8 Å². The Morgan fingerprint density at radius 3 is 2.42 bits per heavy atom. The molecule has 2 aromatic carbocycles. The third-order valence-electron chi connectivity index (χ3n) is 3.35. The van der Waals surface area contributed by atoms with Crippen molar-refractivity contribution >= 4 is 0 Å². The molecule has 0 aromatic heterocycles. The standard InChI is InChI=1S/C17H19FO/c1-3-5-13-8-10-14(11-9-13)17(19)15-7-4-6-12(2)16(15)18/h4,6-11,17,19H,3,5H2,1-2H3. The van der Waals surface area contributed by atoms with E-state index in [9.17, 15) is 9.50 Å². The van der Waals surface area contributed by atoms with Crippen LogP contribution < -0.4 is 0 Å². The van der Waals surface area contributed by atoms with Crippen molar-refractivity contribution in [2.75, 3.05) is 0 Å². The Morgan fingerprint density at radius 1 is 1.11 bits per heavy atom. The molecule has 1 nitrogen and oxygen atoms in total. The Balaban J connectivity index is 2.28. The Labute approximate surface area is 113 Å². The highest BCUT2D eigenvalue weighted by atomic mass is 19.1. The molecule has 0 aliphatic carbocycles. The zero-order chi connectivity index (χ0) is 13.8. The van der Waals surface area contributed by atoms with Gasteiger partial charge < -0.3 is 5.11 Å². The molecular weight excluding hydrogens is 239 g/mol. The van der Waals surface area contributed by atoms with Gasteiger partial charge in [0.25, 0.3) is 0 Å². The lowest BCUT2D eigenvalue weighted by molar-refractivity contribution is 0.214. The van der Waals surface area contributed by atoms with E-state index in [1.807, 2.05) is 24.3 Å². The summed E-state index contributed by atoms with van der Waals surface area (Å²) in [6, 6.07) is 12.8. The predicted octanol–water partition coefficient (Wildman–Crippen LogP) is 4.17. The van der Waals surface area contributed by atoms with E-state index in [0.717, 1.165) is 18.4 Å². The van der Waals surface area contributed by atoms with Crippen molar-refractivity contribution in [2.24, 2.45) is 0 Å². The second kappa shape index (κ2) is 5.98. The van der Waals surface area contributed by atoms with Crippen LogP contribution in [0.15, 0.2) is 42.5 Å². The average Bonchev–Trinajstić information content (AvgIpc) is 2.42. The van der Waals surface area contributed by atoms with Gasteiger partial charge in [0.1, 0.15) is 11.9 Å². The Bertz CT molecular complexity index is 546. The molecule has 2 rings (SSSR count). The summed E-state index contributed by atoms with van der Waals surface area (Å²) in [5, 5.41) is 10.3. The van der Waals surface area contributed by atoms with Gasteiger partial charge in [-0.2, -0.15) is 0 Å². The van der Waals surface area contributed by atoms with Gasteiger partial charge >= 0.3 is 0 Å². The summed E-state index contributed by atoms with van der Waals surface area (Å²) in [5.74, 6) is -0.326. The van der Waals surface area contributed by atoms with Crippen LogP contribution >= 0.6 is 0 Å². The van der Waals surface area contributed by atoms with E-state index in [2.05, 4.69) is 6.92 Å². The summed E-state index contributed by atoms with van der Waals surface area (Å²) in [7, 11) is 0. The van der Waals surface area contributed by atoms with Gasteiger partial charge in [-0.1, -0.05) is 55.8 Å². The molecule has 0 spiro atoms. The minimum absolute atomic E-state index is 0.326. The maximum Gasteiger partial charge on any atom is 0.132 e. The second-order valence-corrected chi connectivity index (χ2v) is 4.87. The quantitative estimate of drug-likeness (QED) is 0.872. The van der Waals surface area contributed by atoms with Crippen molar-refractivity contribution in [3.05, 3.63) is 70.5 Å². The van der Waals surface area contributed by atoms with E-state index in [0.29, 0.717) is 11.1 Å². The SMILES string of the molecule is CCCc1ccc(C(O)c2cccc(C)c2F)cc1. The molecule has 0 amide bonds. The first-order valence-corrected chi connectivity index (χ1v) is 6.65. The molecule has 100 valence electrons. The fourth-order valence-corrected chi connectivity index (χ4v) is 2.22. The molecule has 0 fully saturated rings. The molecule has 0 heterocycles. The number of aliphatic hydroxyl groups is 1. The molecule has 1 atom stereocenters. The molecule has 1 unspecified atom stereocenters. The van der Waals surface area contributed by atoms with E-state index in [4.69, 9.17) is 0 Å². The smallest absolute Gasteiger partial charge is 0.132 e. The molecule has 0 saturated carbocycles. The van der Waals surface area contributed by atoms with Crippen LogP contribution in [0.25, 0.3) is 0 Å². The molecule has 19 heavy (non-hydrogen) atoms. The molecular formula is C17H19FO. The molecule has 2 aromatic rings. The third-order valence-corrected chi connectivity index (χ3v) is 3.35. The number of rotatable bonds is 4. The summed E-state index contributed by atoms with van der Waals surface area (Å²) in [5.41, 5.74) is 2.86. The van der Waals surface area contributed by atoms with Crippen LogP contribution in [-0.4, -0.2) is 5.11 Å². The Hall–Kier alpha value is -1.67. The molecule has 0 radical (unpaired) electrons. The van der Waals surface area contributed by atoms with E-state index in [1.54, 1.807) is 25.1 Å². The van der Waals surface area contributed by atoms with E-state index in [-0.39, 0.29) is 5.82 Å². The largest absolute Gasteiger partial charge is 0.384 e. The first-order chi connectivity index (χ1) is 9.13. The van der Waals surface area contributed by atoms with Crippen molar-refractivity contribution in [3.63, 3.8) is 0 Å². The number of benzene rings is 2. The maximum absolute atomic E-state index is 14.0. The van der Waals surface area contributed by atoms with Crippen molar-refractivity contribution in [1.29, 1.82) is 0 Å². The zero-order valence-corrected chi connectivity index (χ0v) is 11.4. The molecule has 2 heteroatoms. The average molecular weight is 258 g/mol. The zero-order valence-electron chi connectivity index (χ0n) is 11.4. The normalized spacial score (nSPS) is 12.4. The fraction of sp³-hybridized carbons (Fsp3) is 0.294. The maximum atomic E-state index is 14.0. The molecule has 0 saturated heterocycles. The van der Waals surface area contributed by atoms with Crippen molar-refractivity contribution < 1.29 is 9.50 Å². The number of hydrogen-bond acceptors (Lipinski definition) is 1. The lowest BCUT2D eigenvalue weighted by Gasteiger charge is -2.14. The van der Waals surface area contributed by atoms with Crippen LogP contribution in [0, 0.1) is 12.7 Å². The van der Waals surface area contributed by atoms with E-state index >= 15 is 0 Å². The summed E-state index contributed by atoms with van der Waals surface area (Å²) in [6.07, 6.45) is 1.21. The van der Waals surface area contributed by atoms with Crippen LogP contribution in [0.5, 0.6) is 0 Å². The van der Waals surface area contributed by atoms with Crippen LogP contribution in [0.4, 0.5) is 4.39 Å². The lowest BCUT2D eigenvalue weighted by atomic mass is 9.98. The third kappa shape index (κ3) is 3.02. The van der Waals surface area contributed by atoms with E-state index in [1.165, 1.54) is 5.56 Å². The van der Waals surface area contributed by atoms with Crippen molar-refractivity contribution in [3.8, 4) is 0 Å². The highest BCUT2D eigenvalue weighted by molar-refractivity contribution is 5.35. The monoisotopic (exact) mass is 258 g/mol. The summed E-state index contributed by atoms with van der Waals surface area (Å²) < 4.78 is 14.0. The minimum Gasteiger partial charge on any atom is -0.384 e. The Morgan fingerprint density at radius 2 is 1.79 bits per heavy atom. The number of halogens is 1.